The van der Waals surface area contributed by atoms with Gasteiger partial charge >= 0.3 is 18.2 Å². The van der Waals surface area contributed by atoms with Gasteiger partial charge in [0.25, 0.3) is 0 Å². The Morgan fingerprint density at radius 2 is 1.21 bits per heavy atom. The minimum atomic E-state index is -4.48. The first kappa shape index (κ1) is 28.0. The van der Waals surface area contributed by atoms with Gasteiger partial charge in [-0.25, -0.2) is 8.75 Å². The molecule has 0 spiro atoms. The molecule has 0 aliphatic rings. The summed E-state index contributed by atoms with van der Waals surface area (Å²) in [7, 11) is -8.91. The quantitative estimate of drug-likeness (QED) is 0.133. The molecule has 0 amide bonds. The molecule has 0 fully saturated rings. The zero-order chi connectivity index (χ0) is 21.3. The van der Waals surface area contributed by atoms with E-state index in [2.05, 4.69) is 11.4 Å². The second-order valence-corrected chi connectivity index (χ2v) is 9.58. The molecule has 0 aromatic carbocycles. The zero-order valence-corrected chi connectivity index (χ0v) is 18.8. The van der Waals surface area contributed by atoms with Crippen LogP contribution in [0.5, 0.6) is 0 Å². The zero-order valence-electron chi connectivity index (χ0n) is 17.1. The molecule has 0 aliphatic carbocycles. The summed E-state index contributed by atoms with van der Waals surface area (Å²) in [6, 6.07) is 0. The second-order valence-electron chi connectivity index (χ2n) is 7.29. The third-order valence-electron chi connectivity index (χ3n) is 4.57. The fourth-order valence-electron chi connectivity index (χ4n) is 3.11. The summed E-state index contributed by atoms with van der Waals surface area (Å²) in [6.45, 7) is 2.16. The first-order valence-electron chi connectivity index (χ1n) is 10.5. The average Bonchev–Trinajstić information content (AvgIpc) is 2.57. The maximum Gasteiger partial charge on any atom is 0.469 e. The number of phosphoric ester groups is 1. The van der Waals surface area contributed by atoms with Gasteiger partial charge in [-0.2, -0.15) is 8.42 Å². The lowest BCUT2D eigenvalue weighted by atomic mass is 10.0. The number of unbranched alkanes of at least 4 members (excludes halogenated alkanes) is 11. The summed E-state index contributed by atoms with van der Waals surface area (Å²) in [6.07, 6.45) is 14.1. The fraction of sp³-hybridized carbons (Fsp3) is 1.00. The minimum absolute atomic E-state index is 0.0491. The number of hydrogen-bond donors (Lipinski definition) is 3. The first-order chi connectivity index (χ1) is 13.1. The van der Waals surface area contributed by atoms with Gasteiger partial charge in [-0.15, -0.1) is 0 Å². The molecular formula is C18H39O8PS. The molecule has 0 aromatic rings. The lowest BCUT2D eigenvalue weighted by Crippen LogP contribution is -2.18. The molecule has 0 radical (unpaired) electrons. The Hall–Kier alpha value is -0.0200. The monoisotopic (exact) mass is 446 g/mol. The van der Waals surface area contributed by atoms with Crippen LogP contribution in [0.3, 0.4) is 0 Å². The van der Waals surface area contributed by atoms with E-state index in [0.717, 1.165) is 19.3 Å². The second kappa shape index (κ2) is 16.7. The van der Waals surface area contributed by atoms with Crippen molar-refractivity contribution in [2.45, 2.75) is 109 Å². The summed E-state index contributed by atoms with van der Waals surface area (Å²) in [5.41, 5.74) is 0. The molecule has 3 N–H and O–H groups in total. The molecule has 10 heteroatoms. The van der Waals surface area contributed by atoms with Crippen molar-refractivity contribution < 1.29 is 36.0 Å². The van der Waals surface area contributed by atoms with Crippen LogP contribution in [0.1, 0.15) is 103 Å². The van der Waals surface area contributed by atoms with Crippen LogP contribution in [0.2, 0.25) is 0 Å². The highest BCUT2D eigenvalue weighted by molar-refractivity contribution is 7.80. The predicted molar refractivity (Wildman–Crippen MR) is 109 cm³/mol. The number of rotatable bonds is 20. The van der Waals surface area contributed by atoms with E-state index in [-0.39, 0.29) is 6.61 Å². The normalized spacial score (nSPS) is 13.7. The van der Waals surface area contributed by atoms with E-state index in [1.165, 1.54) is 44.9 Å². The topological polar surface area (TPSA) is 130 Å². The summed E-state index contributed by atoms with van der Waals surface area (Å²) in [4.78, 5) is 17.2. The van der Waals surface area contributed by atoms with Crippen molar-refractivity contribution in [2.75, 3.05) is 6.61 Å². The van der Waals surface area contributed by atoms with Crippen molar-refractivity contribution in [3.8, 4) is 0 Å². The Morgan fingerprint density at radius 1 is 0.786 bits per heavy atom. The van der Waals surface area contributed by atoms with Gasteiger partial charge in [-0.1, -0.05) is 84.0 Å². The van der Waals surface area contributed by atoms with Gasteiger partial charge < -0.3 is 9.79 Å². The Labute approximate surface area is 170 Å². The van der Waals surface area contributed by atoms with Crippen molar-refractivity contribution in [1.29, 1.82) is 0 Å². The van der Waals surface area contributed by atoms with E-state index in [0.29, 0.717) is 32.1 Å². The van der Waals surface area contributed by atoms with E-state index < -0.39 is 24.3 Å². The van der Waals surface area contributed by atoms with Crippen LogP contribution < -0.4 is 0 Å². The summed E-state index contributed by atoms with van der Waals surface area (Å²) in [5.74, 6) is 0. The molecule has 8 nitrogen and oxygen atoms in total. The van der Waals surface area contributed by atoms with E-state index >= 15 is 0 Å². The maximum absolute atomic E-state index is 11.0. The maximum atomic E-state index is 11.0. The van der Waals surface area contributed by atoms with Crippen molar-refractivity contribution >= 4 is 18.2 Å². The van der Waals surface area contributed by atoms with Crippen molar-refractivity contribution in [1.82, 2.24) is 0 Å². The van der Waals surface area contributed by atoms with Crippen LogP contribution in [0.15, 0.2) is 0 Å². The molecule has 1 atom stereocenters. The molecule has 0 saturated heterocycles. The van der Waals surface area contributed by atoms with E-state index in [4.69, 9.17) is 18.5 Å². The molecule has 170 valence electrons. The van der Waals surface area contributed by atoms with Crippen LogP contribution in [0.25, 0.3) is 0 Å². The molecule has 28 heavy (non-hydrogen) atoms. The van der Waals surface area contributed by atoms with Gasteiger partial charge in [0.2, 0.25) is 0 Å². The molecule has 1 unspecified atom stereocenters. The highest BCUT2D eigenvalue weighted by Gasteiger charge is 2.17. The van der Waals surface area contributed by atoms with Crippen molar-refractivity contribution in [3.05, 3.63) is 0 Å². The largest absolute Gasteiger partial charge is 0.469 e. The van der Waals surface area contributed by atoms with Gasteiger partial charge in [0, 0.05) is 0 Å². The highest BCUT2D eigenvalue weighted by Crippen LogP contribution is 2.35. The van der Waals surface area contributed by atoms with Crippen LogP contribution in [0, 0.1) is 0 Å². The van der Waals surface area contributed by atoms with Crippen LogP contribution in [0.4, 0.5) is 0 Å². The number of phosphoric acid groups is 1. The summed E-state index contributed by atoms with van der Waals surface area (Å²) < 4.78 is 50.6. The van der Waals surface area contributed by atoms with Gasteiger partial charge in [0.15, 0.2) is 0 Å². The van der Waals surface area contributed by atoms with E-state index in [9.17, 15) is 13.0 Å². The third kappa shape index (κ3) is 22.3. The van der Waals surface area contributed by atoms with E-state index in [1.807, 2.05) is 0 Å². The van der Waals surface area contributed by atoms with Gasteiger partial charge in [0.05, 0.1) is 12.7 Å². The van der Waals surface area contributed by atoms with Gasteiger partial charge in [-0.05, 0) is 19.3 Å². The molecule has 0 bridgehead atoms. The Kier molecular flexibility index (Phi) is 16.7. The predicted octanol–water partition coefficient (Wildman–Crippen LogP) is 5.16. The van der Waals surface area contributed by atoms with Gasteiger partial charge in [-0.3, -0.25) is 9.08 Å². The Bertz CT molecular complexity index is 506. The molecule has 0 aliphatic heterocycles. The van der Waals surface area contributed by atoms with Crippen LogP contribution in [-0.4, -0.2) is 35.5 Å². The average molecular weight is 447 g/mol. The van der Waals surface area contributed by atoms with Crippen molar-refractivity contribution in [2.24, 2.45) is 0 Å². The van der Waals surface area contributed by atoms with E-state index in [1.54, 1.807) is 0 Å². The molecular weight excluding hydrogens is 407 g/mol. The third-order valence-corrected chi connectivity index (χ3v) is 5.60. The molecule has 0 saturated carbocycles. The highest BCUT2D eigenvalue weighted by atomic mass is 32.3. The van der Waals surface area contributed by atoms with Crippen LogP contribution >= 0.6 is 7.82 Å². The smallest absolute Gasteiger partial charge is 0.303 e. The van der Waals surface area contributed by atoms with Crippen molar-refractivity contribution in [3.63, 3.8) is 0 Å². The van der Waals surface area contributed by atoms with Crippen LogP contribution in [-0.2, 0) is 23.7 Å². The summed E-state index contributed by atoms with van der Waals surface area (Å²) in [5, 5.41) is 0. The SMILES string of the molecule is CCCCCCCCCCCCC(CCCCCOP(=O)(O)O)OS(=O)(=O)O. The standard InChI is InChI=1S/C18H39O8PS/c1-2-3-4-5-6-7-8-9-10-12-15-18(26-28(22,23)24)16-13-11-14-17-25-27(19,20)21/h18H,2-17H2,1H3,(H2,19,20,21)(H,22,23,24). The van der Waals surface area contributed by atoms with Gasteiger partial charge in [0.1, 0.15) is 0 Å². The minimum Gasteiger partial charge on any atom is -0.303 e. The Balaban J connectivity index is 3.84. The first-order valence-corrected chi connectivity index (χ1v) is 13.4. The Morgan fingerprint density at radius 3 is 1.64 bits per heavy atom. The molecule has 0 aromatic heterocycles. The lowest BCUT2D eigenvalue weighted by Gasteiger charge is -2.15. The number of hydrogen-bond acceptors (Lipinski definition) is 5. The lowest BCUT2D eigenvalue weighted by molar-refractivity contribution is 0.154. The molecule has 0 heterocycles. The summed E-state index contributed by atoms with van der Waals surface area (Å²) >= 11 is 0. The molecule has 0 rings (SSSR count). The fourth-order valence-corrected chi connectivity index (χ4v) is 4.01.